The summed E-state index contributed by atoms with van der Waals surface area (Å²) in [7, 11) is 0. The molecule has 2 aliphatic heterocycles. The van der Waals surface area contributed by atoms with Crippen molar-refractivity contribution in [3.05, 3.63) is 84.1 Å². The van der Waals surface area contributed by atoms with E-state index in [2.05, 4.69) is 85.1 Å². The van der Waals surface area contributed by atoms with Crippen LogP contribution in [0.3, 0.4) is 0 Å². The van der Waals surface area contributed by atoms with Gasteiger partial charge in [-0.15, -0.1) is 0 Å². The molecule has 0 aromatic carbocycles. The Kier molecular flexibility index (Phi) is 9.26. The Bertz CT molecular complexity index is 1090. The fraction of sp³-hybridized carbons (Fsp3) is 0.379. The summed E-state index contributed by atoms with van der Waals surface area (Å²) in [5.74, 6) is 1.24. The van der Waals surface area contributed by atoms with Gasteiger partial charge in [0.15, 0.2) is 0 Å². The molecule has 1 aromatic heterocycles. The molecule has 1 aromatic rings. The van der Waals surface area contributed by atoms with Gasteiger partial charge in [-0.2, -0.15) is 0 Å². The molecule has 6 heteroatoms. The average molecular weight is 479 g/mol. The van der Waals surface area contributed by atoms with Gasteiger partial charge in [-0.3, -0.25) is 4.99 Å². The normalized spacial score (nSPS) is 18.5. The Morgan fingerprint density at radius 3 is 2.80 bits per heavy atom. The summed E-state index contributed by atoms with van der Waals surface area (Å²) < 4.78 is 0. The zero-order valence-electron chi connectivity index (χ0n) is 21.6. The predicted octanol–water partition coefficient (Wildman–Crippen LogP) is 5.68. The van der Waals surface area contributed by atoms with Crippen LogP contribution in [0.4, 0.5) is 0 Å². The van der Waals surface area contributed by atoms with Gasteiger partial charge in [0.1, 0.15) is 5.84 Å². The van der Waals surface area contributed by atoms with Gasteiger partial charge >= 0.3 is 0 Å². The van der Waals surface area contributed by atoms with E-state index >= 15 is 0 Å². The van der Waals surface area contributed by atoms with E-state index in [1.807, 2.05) is 18.2 Å². The average Bonchev–Trinajstić information content (AvgIpc) is 2.87. The lowest BCUT2D eigenvalue weighted by molar-refractivity contribution is 0.411. The first-order chi connectivity index (χ1) is 16.9. The quantitative estimate of drug-likeness (QED) is 0.404. The van der Waals surface area contributed by atoms with Gasteiger partial charge in [-0.25, -0.2) is 4.98 Å². The van der Waals surface area contributed by atoms with Crippen molar-refractivity contribution in [2.75, 3.05) is 32.7 Å². The maximum Gasteiger partial charge on any atom is 0.121 e. The standard InChI is InChI=1S/C29H40N6.3H2/c1-8-13-31-29-17-26(20(4)18-32-29)22(6)33-25(10-3)16-28-24(9-2)11-12-27(34-28)23(7)35-15-14-30-19-21(35)5;;;/h9,11-12,16-17,20,30,33H,2,5-8,10,13-15,18-19H2,1,3-4H3,(H,31,32);3*1H/b25-16+;;;. The second kappa shape index (κ2) is 12.4. The minimum atomic E-state index is 0. The van der Waals surface area contributed by atoms with Crippen LogP contribution in [0.1, 0.15) is 54.8 Å². The largest absolute Gasteiger partial charge is 0.370 e. The summed E-state index contributed by atoms with van der Waals surface area (Å²) in [6, 6.07) is 4.05. The monoisotopic (exact) mass is 478 g/mol. The molecule has 3 rings (SSSR count). The first-order valence-corrected chi connectivity index (χ1v) is 12.5. The number of pyridine rings is 1. The maximum absolute atomic E-state index is 4.96. The molecule has 0 radical (unpaired) electrons. The molecule has 0 spiro atoms. The van der Waals surface area contributed by atoms with Crippen LogP contribution in [0.5, 0.6) is 0 Å². The van der Waals surface area contributed by atoms with Crippen molar-refractivity contribution in [3.8, 4) is 0 Å². The zero-order chi connectivity index (χ0) is 25.4. The number of hydrogen-bond donors (Lipinski definition) is 3. The van der Waals surface area contributed by atoms with Gasteiger partial charge in [-0.1, -0.05) is 59.2 Å². The van der Waals surface area contributed by atoms with Crippen molar-refractivity contribution in [3.63, 3.8) is 0 Å². The highest BCUT2D eigenvalue weighted by atomic mass is 15.2. The minimum Gasteiger partial charge on any atom is -0.370 e. The van der Waals surface area contributed by atoms with E-state index in [4.69, 9.17) is 4.98 Å². The second-order valence-electron chi connectivity index (χ2n) is 9.00. The van der Waals surface area contributed by atoms with Gasteiger partial charge in [-0.05, 0) is 42.2 Å². The number of nitrogens with zero attached hydrogens (tertiary/aromatic N) is 3. The molecule has 1 saturated heterocycles. The Hall–Kier alpha value is -3.38. The van der Waals surface area contributed by atoms with Gasteiger partial charge in [0.05, 0.1) is 17.1 Å². The lowest BCUT2D eigenvalue weighted by Gasteiger charge is -2.32. The Balaban J connectivity index is 0.00000456. The Labute approximate surface area is 215 Å². The summed E-state index contributed by atoms with van der Waals surface area (Å²) in [5, 5.41) is 10.3. The van der Waals surface area contributed by atoms with Crippen LogP contribution in [0.15, 0.2) is 72.2 Å². The van der Waals surface area contributed by atoms with Gasteiger partial charge in [0.2, 0.25) is 0 Å². The van der Waals surface area contributed by atoms with Crippen molar-refractivity contribution in [2.45, 2.75) is 33.6 Å². The molecular weight excluding hydrogens is 432 g/mol. The molecule has 3 N–H and O–H groups in total. The van der Waals surface area contributed by atoms with E-state index in [0.29, 0.717) is 5.92 Å². The first kappa shape index (κ1) is 26.2. The molecule has 3 heterocycles. The summed E-state index contributed by atoms with van der Waals surface area (Å²) in [5.41, 5.74) is 7.65. The van der Waals surface area contributed by atoms with E-state index < -0.39 is 0 Å². The highest BCUT2D eigenvalue weighted by Crippen LogP contribution is 2.25. The van der Waals surface area contributed by atoms with Crippen LogP contribution in [-0.2, 0) is 0 Å². The molecule has 0 bridgehead atoms. The first-order valence-electron chi connectivity index (χ1n) is 12.5. The van der Waals surface area contributed by atoms with Crippen LogP contribution >= 0.6 is 0 Å². The van der Waals surface area contributed by atoms with Crippen molar-refractivity contribution in [1.82, 2.24) is 25.8 Å². The third-order valence-electron chi connectivity index (χ3n) is 6.29. The molecule has 0 saturated carbocycles. The zero-order valence-corrected chi connectivity index (χ0v) is 21.6. The second-order valence-corrected chi connectivity index (χ2v) is 9.00. The molecule has 6 nitrogen and oxygen atoms in total. The van der Waals surface area contributed by atoms with Crippen LogP contribution in [0.2, 0.25) is 0 Å². The fourth-order valence-corrected chi connectivity index (χ4v) is 4.15. The van der Waals surface area contributed by atoms with E-state index in [1.54, 1.807) is 0 Å². The number of allylic oxidation sites excluding steroid dienone is 2. The number of dihydropyridines is 1. The minimum absolute atomic E-state index is 0. The Morgan fingerprint density at radius 2 is 2.11 bits per heavy atom. The van der Waals surface area contributed by atoms with Crippen molar-refractivity contribution in [2.24, 2.45) is 10.9 Å². The van der Waals surface area contributed by atoms with Gasteiger partial charge in [0.25, 0.3) is 0 Å². The number of aliphatic imine (C=N–C) groups is 1. The Morgan fingerprint density at radius 1 is 1.31 bits per heavy atom. The lowest BCUT2D eigenvalue weighted by atomic mass is 9.95. The van der Waals surface area contributed by atoms with Gasteiger partial charge < -0.3 is 20.9 Å². The van der Waals surface area contributed by atoms with Gasteiger partial charge in [0, 0.05) is 60.0 Å². The molecule has 1 unspecified atom stereocenters. The molecular formula is C29H46N6. The summed E-state index contributed by atoms with van der Waals surface area (Å²) in [4.78, 5) is 11.7. The topological polar surface area (TPSA) is 64.6 Å². The van der Waals surface area contributed by atoms with E-state index in [0.717, 1.165) is 91.1 Å². The third kappa shape index (κ3) is 6.61. The molecule has 0 aliphatic carbocycles. The fourth-order valence-electron chi connectivity index (χ4n) is 4.15. The number of nitrogens with one attached hydrogen (secondary N) is 3. The summed E-state index contributed by atoms with van der Waals surface area (Å²) in [6.45, 7) is 27.5. The molecule has 0 amide bonds. The third-order valence-corrected chi connectivity index (χ3v) is 6.29. The maximum atomic E-state index is 4.96. The van der Waals surface area contributed by atoms with E-state index in [-0.39, 0.29) is 4.28 Å². The number of aromatic nitrogens is 1. The van der Waals surface area contributed by atoms with Crippen molar-refractivity contribution >= 4 is 23.7 Å². The van der Waals surface area contributed by atoms with Crippen LogP contribution in [0, 0.1) is 5.92 Å². The summed E-state index contributed by atoms with van der Waals surface area (Å²) >= 11 is 0. The number of piperazine rings is 1. The number of hydrogen-bond acceptors (Lipinski definition) is 6. The molecule has 1 fully saturated rings. The molecule has 35 heavy (non-hydrogen) atoms. The number of rotatable bonds is 10. The predicted molar refractivity (Wildman–Crippen MR) is 157 cm³/mol. The molecule has 192 valence electrons. The van der Waals surface area contributed by atoms with Crippen LogP contribution in [0.25, 0.3) is 17.8 Å². The van der Waals surface area contributed by atoms with Crippen molar-refractivity contribution in [1.29, 1.82) is 0 Å². The molecule has 1 atom stereocenters. The lowest BCUT2D eigenvalue weighted by Crippen LogP contribution is -2.40. The van der Waals surface area contributed by atoms with E-state index in [1.165, 1.54) is 5.57 Å². The van der Waals surface area contributed by atoms with Crippen LogP contribution < -0.4 is 16.0 Å². The SMILES string of the molecule is C=Cc1ccc(C(=C)N2CCNCC2=C)nc1/C=C(\CC)NC(=C)C1=CC(NCCC)=NCC1C.[HH].[HH].[HH]. The van der Waals surface area contributed by atoms with Crippen LogP contribution in [-0.4, -0.2) is 48.4 Å². The summed E-state index contributed by atoms with van der Waals surface area (Å²) in [6.07, 6.45) is 7.92. The highest BCUT2D eigenvalue weighted by Gasteiger charge is 2.19. The number of amidine groups is 1. The molecule has 2 aliphatic rings. The van der Waals surface area contributed by atoms with E-state index in [9.17, 15) is 0 Å². The van der Waals surface area contributed by atoms with Crippen molar-refractivity contribution < 1.29 is 4.28 Å². The highest BCUT2D eigenvalue weighted by molar-refractivity contribution is 5.95. The smallest absolute Gasteiger partial charge is 0.121 e.